The van der Waals surface area contributed by atoms with E-state index in [9.17, 15) is 9.90 Å². The minimum atomic E-state index is -0.943. The van der Waals surface area contributed by atoms with Crippen LogP contribution < -0.4 is 0 Å². The van der Waals surface area contributed by atoms with Gasteiger partial charge in [-0.3, -0.25) is 0 Å². The number of aromatic carboxylic acids is 1. The van der Waals surface area contributed by atoms with E-state index in [0.717, 1.165) is 11.0 Å². The summed E-state index contributed by atoms with van der Waals surface area (Å²) in [6, 6.07) is 5.41. The summed E-state index contributed by atoms with van der Waals surface area (Å²) in [4.78, 5) is 11.5. The summed E-state index contributed by atoms with van der Waals surface area (Å²) < 4.78 is 12.1. The summed E-state index contributed by atoms with van der Waals surface area (Å²) in [5.41, 5.74) is 1.57. The molecule has 0 atom stereocenters. The van der Waals surface area contributed by atoms with E-state index in [-0.39, 0.29) is 0 Å². The van der Waals surface area contributed by atoms with Crippen LogP contribution in [0, 0.1) is 6.92 Å². The molecule has 124 valence electrons. The lowest BCUT2D eigenvalue weighted by molar-refractivity contribution is 0.00578. The zero-order chi connectivity index (χ0) is 17.4. The number of carboxylic acids is 1. The van der Waals surface area contributed by atoms with Crippen LogP contribution in [0.15, 0.2) is 23.7 Å². The number of carboxylic acid groups (broad SMARTS) is 1. The maximum Gasteiger partial charge on any atom is 0.491 e. The standard InChI is InChI=1S/C17H23BO4S/c1-11-7-6-8-12(14(11)15(19)20)9-13(10-23)18-21-16(2,3)17(4,5)22-18/h6-9,23H,10H2,1-5H3,(H,19,20). The SMILES string of the molecule is Cc1cccc(C=C(CS)B2OC(C)(C)C(C)(C)O2)c1C(=O)O. The maximum atomic E-state index is 11.5. The maximum absolute atomic E-state index is 11.5. The second kappa shape index (κ2) is 6.34. The molecule has 1 aromatic carbocycles. The average molecular weight is 334 g/mol. The molecule has 0 bridgehead atoms. The second-order valence-corrected chi connectivity index (χ2v) is 7.13. The van der Waals surface area contributed by atoms with E-state index in [4.69, 9.17) is 9.31 Å². The highest BCUT2D eigenvalue weighted by Crippen LogP contribution is 2.39. The first-order valence-corrected chi connectivity index (χ1v) is 8.22. The summed E-state index contributed by atoms with van der Waals surface area (Å²) in [5.74, 6) is -0.522. The highest BCUT2D eigenvalue weighted by molar-refractivity contribution is 7.80. The molecule has 2 rings (SSSR count). The average Bonchev–Trinajstić information content (AvgIpc) is 2.64. The first-order chi connectivity index (χ1) is 10.6. The number of hydrogen-bond donors (Lipinski definition) is 2. The van der Waals surface area contributed by atoms with Crippen molar-refractivity contribution >= 4 is 31.8 Å². The summed E-state index contributed by atoms with van der Waals surface area (Å²) in [7, 11) is -0.528. The van der Waals surface area contributed by atoms with Gasteiger partial charge in [-0.05, 0) is 51.2 Å². The third-order valence-corrected chi connectivity index (χ3v) is 4.96. The van der Waals surface area contributed by atoms with Crippen molar-refractivity contribution < 1.29 is 19.2 Å². The zero-order valence-electron chi connectivity index (χ0n) is 14.2. The van der Waals surface area contributed by atoms with Crippen molar-refractivity contribution in [2.45, 2.75) is 45.8 Å². The highest BCUT2D eigenvalue weighted by atomic mass is 32.1. The molecule has 23 heavy (non-hydrogen) atoms. The predicted octanol–water partition coefficient (Wildman–Crippen LogP) is 3.64. The van der Waals surface area contributed by atoms with Crippen LogP contribution in [-0.4, -0.2) is 35.1 Å². The largest absolute Gasteiger partial charge is 0.491 e. The molecule has 4 nitrogen and oxygen atoms in total. The molecule has 0 saturated carbocycles. The lowest BCUT2D eigenvalue weighted by Gasteiger charge is -2.32. The molecule has 1 aliphatic heterocycles. The van der Waals surface area contributed by atoms with Gasteiger partial charge in [-0.15, -0.1) is 0 Å². The Morgan fingerprint density at radius 1 is 1.26 bits per heavy atom. The predicted molar refractivity (Wildman–Crippen MR) is 96.1 cm³/mol. The van der Waals surface area contributed by atoms with Crippen molar-refractivity contribution in [2.24, 2.45) is 0 Å². The van der Waals surface area contributed by atoms with Crippen LogP contribution in [0.3, 0.4) is 0 Å². The highest BCUT2D eigenvalue weighted by Gasteiger charge is 2.52. The lowest BCUT2D eigenvalue weighted by atomic mass is 9.77. The molecule has 0 unspecified atom stereocenters. The van der Waals surface area contributed by atoms with Crippen molar-refractivity contribution in [3.8, 4) is 0 Å². The van der Waals surface area contributed by atoms with Crippen LogP contribution in [0.2, 0.25) is 0 Å². The molecule has 1 N–H and O–H groups in total. The molecule has 0 spiro atoms. The second-order valence-electron chi connectivity index (χ2n) is 6.81. The number of thiol groups is 1. The molecule has 0 radical (unpaired) electrons. The quantitative estimate of drug-likeness (QED) is 0.652. The summed E-state index contributed by atoms with van der Waals surface area (Å²) in [6.07, 6.45) is 1.81. The van der Waals surface area contributed by atoms with Gasteiger partial charge in [0.15, 0.2) is 0 Å². The van der Waals surface area contributed by atoms with Gasteiger partial charge in [0.2, 0.25) is 0 Å². The molecular weight excluding hydrogens is 311 g/mol. The van der Waals surface area contributed by atoms with Crippen molar-refractivity contribution in [1.29, 1.82) is 0 Å². The Hall–Kier alpha value is -1.24. The van der Waals surface area contributed by atoms with Gasteiger partial charge in [0.1, 0.15) is 0 Å². The Kier molecular flexibility index (Phi) is 4.99. The molecule has 6 heteroatoms. The molecular formula is C17H23BO4S. The normalized spacial score (nSPS) is 19.9. The van der Waals surface area contributed by atoms with Crippen LogP contribution in [0.5, 0.6) is 0 Å². The van der Waals surface area contributed by atoms with Gasteiger partial charge < -0.3 is 14.4 Å². The molecule has 1 saturated heterocycles. The molecule has 0 amide bonds. The van der Waals surface area contributed by atoms with Gasteiger partial charge in [0.05, 0.1) is 16.8 Å². The van der Waals surface area contributed by atoms with E-state index in [1.165, 1.54) is 0 Å². The number of carbonyl (C=O) groups is 1. The minimum absolute atomic E-state index is 0.295. The van der Waals surface area contributed by atoms with E-state index >= 15 is 0 Å². The number of hydrogen-bond acceptors (Lipinski definition) is 4. The van der Waals surface area contributed by atoms with Crippen LogP contribution >= 0.6 is 12.6 Å². The Labute approximate surface area is 143 Å². The summed E-state index contributed by atoms with van der Waals surface area (Å²) in [5, 5.41) is 9.45. The first kappa shape index (κ1) is 18.1. The van der Waals surface area contributed by atoms with Gasteiger partial charge in [0.25, 0.3) is 0 Å². The third-order valence-electron chi connectivity index (χ3n) is 4.60. The van der Waals surface area contributed by atoms with Crippen LogP contribution in [0.1, 0.15) is 49.2 Å². The minimum Gasteiger partial charge on any atom is -0.478 e. The molecule has 1 aromatic rings. The Balaban J connectivity index is 2.42. The van der Waals surface area contributed by atoms with Crippen LogP contribution in [-0.2, 0) is 9.31 Å². The number of benzene rings is 1. The van der Waals surface area contributed by atoms with Gasteiger partial charge in [0, 0.05) is 5.75 Å². The Morgan fingerprint density at radius 3 is 2.30 bits per heavy atom. The smallest absolute Gasteiger partial charge is 0.478 e. The summed E-state index contributed by atoms with van der Waals surface area (Å²) in [6.45, 7) is 9.73. The summed E-state index contributed by atoms with van der Waals surface area (Å²) >= 11 is 4.37. The van der Waals surface area contributed by atoms with E-state index in [0.29, 0.717) is 16.9 Å². The lowest BCUT2D eigenvalue weighted by Crippen LogP contribution is -2.41. The van der Waals surface area contributed by atoms with Gasteiger partial charge >= 0.3 is 13.1 Å². The van der Waals surface area contributed by atoms with Crippen LogP contribution in [0.25, 0.3) is 6.08 Å². The molecule has 1 aliphatic rings. The Bertz CT molecular complexity index is 636. The zero-order valence-corrected chi connectivity index (χ0v) is 15.1. The molecule has 1 heterocycles. The van der Waals surface area contributed by atoms with E-state index < -0.39 is 24.3 Å². The van der Waals surface area contributed by atoms with Crippen molar-refractivity contribution in [2.75, 3.05) is 5.75 Å². The van der Waals surface area contributed by atoms with Crippen molar-refractivity contribution in [3.05, 3.63) is 40.4 Å². The van der Waals surface area contributed by atoms with E-state index in [2.05, 4.69) is 12.6 Å². The molecule has 1 fully saturated rings. The third kappa shape index (κ3) is 3.49. The first-order valence-electron chi connectivity index (χ1n) is 7.59. The molecule has 0 aliphatic carbocycles. The fraction of sp³-hybridized carbons (Fsp3) is 0.471. The van der Waals surface area contributed by atoms with Crippen molar-refractivity contribution in [3.63, 3.8) is 0 Å². The van der Waals surface area contributed by atoms with Crippen LogP contribution in [0.4, 0.5) is 0 Å². The van der Waals surface area contributed by atoms with Crippen molar-refractivity contribution in [1.82, 2.24) is 0 Å². The van der Waals surface area contributed by atoms with E-state index in [1.54, 1.807) is 19.1 Å². The van der Waals surface area contributed by atoms with E-state index in [1.807, 2.05) is 39.8 Å². The van der Waals surface area contributed by atoms with Gasteiger partial charge in [-0.2, -0.15) is 12.6 Å². The number of aryl methyl sites for hydroxylation is 1. The molecule has 0 aromatic heterocycles. The Morgan fingerprint density at radius 2 is 1.83 bits per heavy atom. The fourth-order valence-corrected chi connectivity index (χ4v) is 2.73. The number of rotatable bonds is 4. The van der Waals surface area contributed by atoms with Gasteiger partial charge in [-0.25, -0.2) is 4.79 Å². The fourth-order valence-electron chi connectivity index (χ4n) is 2.49. The van der Waals surface area contributed by atoms with Gasteiger partial charge in [-0.1, -0.05) is 24.3 Å². The topological polar surface area (TPSA) is 55.8 Å². The monoisotopic (exact) mass is 334 g/mol.